The van der Waals surface area contributed by atoms with Crippen LogP contribution in [0.2, 0.25) is 0 Å². The number of carboxylic acids is 1. The van der Waals surface area contributed by atoms with Gasteiger partial charge in [0.1, 0.15) is 5.82 Å². The fraction of sp³-hybridized carbons (Fsp3) is 0.467. The predicted octanol–water partition coefficient (Wildman–Crippen LogP) is 2.56. The molecule has 1 aromatic rings. The minimum Gasteiger partial charge on any atom is -0.481 e. The molecule has 5 nitrogen and oxygen atoms in total. The third-order valence-electron chi connectivity index (χ3n) is 3.57. The Kier molecular flexibility index (Phi) is 5.12. The van der Waals surface area contributed by atoms with Crippen LogP contribution in [0.3, 0.4) is 0 Å². The number of carbonyl (C=O) groups is 2. The molecule has 1 aliphatic rings. The van der Waals surface area contributed by atoms with E-state index >= 15 is 0 Å². The number of rotatable bonds is 5. The van der Waals surface area contributed by atoms with Crippen molar-refractivity contribution in [3.8, 4) is 0 Å². The van der Waals surface area contributed by atoms with Crippen LogP contribution in [0.15, 0.2) is 24.3 Å². The molecule has 1 N–H and O–H groups in total. The SMILES string of the molecule is O=C(O)CCN(Cc1cccc(F)c1)C(=O)N1CCC(F)(F)C1. The summed E-state index contributed by atoms with van der Waals surface area (Å²) in [4.78, 5) is 25.3. The molecule has 2 rings (SSSR count). The van der Waals surface area contributed by atoms with Gasteiger partial charge in [-0.15, -0.1) is 0 Å². The van der Waals surface area contributed by atoms with Gasteiger partial charge >= 0.3 is 12.0 Å². The lowest BCUT2D eigenvalue weighted by atomic mass is 10.2. The molecule has 1 aliphatic heterocycles. The van der Waals surface area contributed by atoms with Crippen molar-refractivity contribution in [3.63, 3.8) is 0 Å². The highest BCUT2D eigenvalue weighted by Gasteiger charge is 2.41. The van der Waals surface area contributed by atoms with Crippen molar-refractivity contribution < 1.29 is 27.9 Å². The lowest BCUT2D eigenvalue weighted by Gasteiger charge is -2.27. The molecule has 1 fully saturated rings. The number of amides is 2. The fourth-order valence-corrected chi connectivity index (χ4v) is 2.43. The maximum absolute atomic E-state index is 13.3. The van der Waals surface area contributed by atoms with E-state index < -0.39 is 36.7 Å². The van der Waals surface area contributed by atoms with Crippen molar-refractivity contribution in [3.05, 3.63) is 35.6 Å². The second-order valence-electron chi connectivity index (χ2n) is 5.51. The van der Waals surface area contributed by atoms with Crippen LogP contribution in [0.4, 0.5) is 18.0 Å². The van der Waals surface area contributed by atoms with E-state index in [2.05, 4.69) is 0 Å². The van der Waals surface area contributed by atoms with Crippen LogP contribution in [0.25, 0.3) is 0 Å². The lowest BCUT2D eigenvalue weighted by molar-refractivity contribution is -0.137. The Hall–Kier alpha value is -2.25. The van der Waals surface area contributed by atoms with Crippen LogP contribution in [-0.2, 0) is 11.3 Å². The highest BCUT2D eigenvalue weighted by Crippen LogP contribution is 2.27. The normalized spacial score (nSPS) is 16.4. The summed E-state index contributed by atoms with van der Waals surface area (Å²) in [6.45, 7) is -0.935. The van der Waals surface area contributed by atoms with Crippen molar-refractivity contribution in [1.29, 1.82) is 0 Å². The first-order chi connectivity index (χ1) is 10.8. The Labute approximate surface area is 131 Å². The number of hydrogen-bond acceptors (Lipinski definition) is 2. The van der Waals surface area contributed by atoms with Crippen LogP contribution in [0.1, 0.15) is 18.4 Å². The topological polar surface area (TPSA) is 60.9 Å². The van der Waals surface area contributed by atoms with Crippen molar-refractivity contribution in [2.75, 3.05) is 19.6 Å². The number of carbonyl (C=O) groups excluding carboxylic acids is 1. The third-order valence-corrected chi connectivity index (χ3v) is 3.57. The smallest absolute Gasteiger partial charge is 0.320 e. The van der Waals surface area contributed by atoms with E-state index in [0.717, 1.165) is 9.80 Å². The first-order valence-electron chi connectivity index (χ1n) is 7.15. The Balaban J connectivity index is 2.10. The maximum Gasteiger partial charge on any atom is 0.320 e. The second kappa shape index (κ2) is 6.89. The molecule has 23 heavy (non-hydrogen) atoms. The molecule has 126 valence electrons. The Morgan fingerprint density at radius 1 is 1.35 bits per heavy atom. The van der Waals surface area contributed by atoms with E-state index in [1.807, 2.05) is 0 Å². The first-order valence-corrected chi connectivity index (χ1v) is 7.15. The van der Waals surface area contributed by atoms with E-state index in [1.165, 1.54) is 18.2 Å². The summed E-state index contributed by atoms with van der Waals surface area (Å²) in [5.41, 5.74) is 0.467. The van der Waals surface area contributed by atoms with Gasteiger partial charge in [-0.1, -0.05) is 12.1 Å². The van der Waals surface area contributed by atoms with E-state index in [1.54, 1.807) is 6.07 Å². The van der Waals surface area contributed by atoms with Gasteiger partial charge in [0.2, 0.25) is 0 Å². The molecule has 1 heterocycles. The molecule has 1 saturated heterocycles. The Morgan fingerprint density at radius 3 is 2.65 bits per heavy atom. The fourth-order valence-electron chi connectivity index (χ4n) is 2.43. The van der Waals surface area contributed by atoms with E-state index in [9.17, 15) is 22.8 Å². The first kappa shape index (κ1) is 17.1. The van der Waals surface area contributed by atoms with Crippen molar-refractivity contribution >= 4 is 12.0 Å². The number of likely N-dealkylation sites (tertiary alicyclic amines) is 1. The quantitative estimate of drug-likeness (QED) is 0.903. The highest BCUT2D eigenvalue weighted by atomic mass is 19.3. The molecule has 0 aromatic heterocycles. The minimum atomic E-state index is -2.92. The van der Waals surface area contributed by atoms with Gasteiger partial charge in [0.05, 0.1) is 13.0 Å². The summed E-state index contributed by atoms with van der Waals surface area (Å²) in [7, 11) is 0. The average Bonchev–Trinajstić information content (AvgIpc) is 2.83. The Bertz CT molecular complexity index is 595. The van der Waals surface area contributed by atoms with Crippen LogP contribution in [0, 0.1) is 5.82 Å². The van der Waals surface area contributed by atoms with Crippen LogP contribution in [0.5, 0.6) is 0 Å². The zero-order valence-electron chi connectivity index (χ0n) is 12.3. The van der Waals surface area contributed by atoms with E-state index in [-0.39, 0.29) is 26.1 Å². The summed E-state index contributed by atoms with van der Waals surface area (Å²) < 4.78 is 39.7. The van der Waals surface area contributed by atoms with Gasteiger partial charge in [-0.2, -0.15) is 0 Å². The molecule has 8 heteroatoms. The van der Waals surface area contributed by atoms with Crippen LogP contribution < -0.4 is 0 Å². The molecule has 0 aliphatic carbocycles. The van der Waals surface area contributed by atoms with Crippen LogP contribution in [-0.4, -0.2) is 52.5 Å². The minimum absolute atomic E-state index is 0.0358. The lowest BCUT2D eigenvalue weighted by Crippen LogP contribution is -2.43. The molecule has 0 saturated carbocycles. The van der Waals surface area contributed by atoms with Gasteiger partial charge in [0, 0.05) is 26.1 Å². The molecule has 0 unspecified atom stereocenters. The van der Waals surface area contributed by atoms with Crippen molar-refractivity contribution in [1.82, 2.24) is 9.80 Å². The zero-order valence-corrected chi connectivity index (χ0v) is 12.3. The molecular formula is C15H17F3N2O3. The van der Waals surface area contributed by atoms with Crippen LogP contribution >= 0.6 is 0 Å². The summed E-state index contributed by atoms with van der Waals surface area (Å²) in [6, 6.07) is 4.86. The van der Waals surface area contributed by atoms with Gasteiger partial charge in [0.15, 0.2) is 0 Å². The second-order valence-corrected chi connectivity index (χ2v) is 5.51. The molecule has 0 bridgehead atoms. The molecular weight excluding hydrogens is 313 g/mol. The number of urea groups is 1. The molecule has 1 aromatic carbocycles. The van der Waals surface area contributed by atoms with Gasteiger partial charge in [-0.25, -0.2) is 18.0 Å². The summed E-state index contributed by atoms with van der Waals surface area (Å²) in [5, 5.41) is 8.77. The summed E-state index contributed by atoms with van der Waals surface area (Å²) in [5.74, 6) is -4.51. The number of hydrogen-bond donors (Lipinski definition) is 1. The van der Waals surface area contributed by atoms with Gasteiger partial charge in [-0.3, -0.25) is 4.79 Å². The monoisotopic (exact) mass is 330 g/mol. The highest BCUT2D eigenvalue weighted by molar-refractivity contribution is 5.76. The number of nitrogens with zero attached hydrogens (tertiary/aromatic N) is 2. The molecule has 0 radical (unpaired) electrons. The molecule has 0 spiro atoms. The standard InChI is InChI=1S/C15H17F3N2O3/c16-12-3-1-2-11(8-12)9-19(6-4-13(21)22)14(23)20-7-5-15(17,18)10-20/h1-3,8H,4-7,9-10H2,(H,21,22). The van der Waals surface area contributed by atoms with Gasteiger partial charge in [0.25, 0.3) is 5.92 Å². The Morgan fingerprint density at radius 2 is 2.09 bits per heavy atom. The maximum atomic E-state index is 13.3. The predicted molar refractivity (Wildman–Crippen MR) is 75.6 cm³/mol. The number of halogens is 3. The third kappa shape index (κ3) is 4.87. The summed E-state index contributed by atoms with van der Waals surface area (Å²) >= 11 is 0. The number of carboxylic acid groups (broad SMARTS) is 1. The van der Waals surface area contributed by atoms with Gasteiger partial charge in [-0.05, 0) is 17.7 Å². The largest absolute Gasteiger partial charge is 0.481 e. The number of benzene rings is 1. The molecule has 0 atom stereocenters. The van der Waals surface area contributed by atoms with E-state index in [0.29, 0.717) is 5.56 Å². The average molecular weight is 330 g/mol. The van der Waals surface area contributed by atoms with Crippen molar-refractivity contribution in [2.45, 2.75) is 25.3 Å². The molecule has 2 amide bonds. The number of alkyl halides is 2. The van der Waals surface area contributed by atoms with E-state index in [4.69, 9.17) is 5.11 Å². The van der Waals surface area contributed by atoms with Gasteiger partial charge < -0.3 is 14.9 Å². The number of aliphatic carboxylic acids is 1. The van der Waals surface area contributed by atoms with Crippen molar-refractivity contribution in [2.24, 2.45) is 0 Å². The summed E-state index contributed by atoms with van der Waals surface area (Å²) in [6.07, 6.45) is -0.725. The zero-order chi connectivity index (χ0) is 17.0.